The van der Waals surface area contributed by atoms with Crippen molar-refractivity contribution in [1.82, 2.24) is 4.90 Å². The molecule has 0 aromatic heterocycles. The Morgan fingerprint density at radius 2 is 2.33 bits per heavy atom. The average molecular weight is 249 g/mol. The van der Waals surface area contributed by atoms with Crippen molar-refractivity contribution in [2.24, 2.45) is 0 Å². The summed E-state index contributed by atoms with van der Waals surface area (Å²) in [6.45, 7) is 1.27. The summed E-state index contributed by atoms with van der Waals surface area (Å²) in [7, 11) is 1.76. The minimum atomic E-state index is -0.0960. The fraction of sp³-hybridized carbons (Fsp3) is 0.500. The number of aliphatic hydroxyl groups excluding tert-OH is 1. The fourth-order valence-corrected chi connectivity index (χ4v) is 2.16. The van der Waals surface area contributed by atoms with Crippen molar-refractivity contribution in [2.45, 2.75) is 25.8 Å². The van der Waals surface area contributed by atoms with Gasteiger partial charge in [-0.1, -0.05) is 12.1 Å². The molecule has 0 spiro atoms. The van der Waals surface area contributed by atoms with Gasteiger partial charge in [-0.25, -0.2) is 0 Å². The maximum Gasteiger partial charge on any atom is 0.224 e. The number of hydrogen-bond acceptors (Lipinski definition) is 3. The number of aliphatic hydroxyl groups is 1. The molecule has 1 heterocycles. The van der Waals surface area contributed by atoms with Crippen LogP contribution in [-0.4, -0.2) is 36.2 Å². The van der Waals surface area contributed by atoms with Gasteiger partial charge in [0.15, 0.2) is 0 Å². The molecule has 0 fully saturated rings. The highest BCUT2D eigenvalue weighted by Crippen LogP contribution is 2.25. The molecule has 1 aromatic carbocycles. The van der Waals surface area contributed by atoms with Gasteiger partial charge in [-0.05, 0) is 30.0 Å². The third kappa shape index (κ3) is 3.01. The Balaban J connectivity index is 2.03. The van der Waals surface area contributed by atoms with E-state index >= 15 is 0 Å². The van der Waals surface area contributed by atoms with E-state index in [-0.39, 0.29) is 18.9 Å². The summed E-state index contributed by atoms with van der Waals surface area (Å²) in [6, 6.07) is 6.08. The summed E-state index contributed by atoms with van der Waals surface area (Å²) >= 11 is 0. The van der Waals surface area contributed by atoms with Gasteiger partial charge < -0.3 is 14.7 Å². The number of benzene rings is 1. The monoisotopic (exact) mass is 249 g/mol. The van der Waals surface area contributed by atoms with Crippen LogP contribution in [0.3, 0.4) is 0 Å². The number of amides is 1. The zero-order valence-corrected chi connectivity index (χ0v) is 10.7. The molecule has 4 nitrogen and oxygen atoms in total. The smallest absolute Gasteiger partial charge is 0.224 e. The Labute approximate surface area is 107 Å². The van der Waals surface area contributed by atoms with Gasteiger partial charge in [0.05, 0.1) is 13.2 Å². The van der Waals surface area contributed by atoms with E-state index in [0.29, 0.717) is 6.54 Å². The summed E-state index contributed by atoms with van der Waals surface area (Å²) in [6.07, 6.45) is 2.28. The summed E-state index contributed by atoms with van der Waals surface area (Å²) in [4.78, 5) is 13.2. The molecule has 0 bridgehead atoms. The molecule has 1 amide bonds. The van der Waals surface area contributed by atoms with Crippen LogP contribution in [0.5, 0.6) is 5.75 Å². The molecule has 4 heteroatoms. The standard InChI is InChI=1S/C14H19NO3/c1-15(14(17)6-7-16)10-11-4-5-13-12(9-11)3-2-8-18-13/h4-5,9,16H,2-3,6-8,10H2,1H3. The van der Waals surface area contributed by atoms with Crippen molar-refractivity contribution in [3.63, 3.8) is 0 Å². The topological polar surface area (TPSA) is 49.8 Å². The van der Waals surface area contributed by atoms with Crippen LogP contribution in [0.15, 0.2) is 18.2 Å². The van der Waals surface area contributed by atoms with Gasteiger partial charge in [-0.3, -0.25) is 4.79 Å². The Kier molecular flexibility index (Phi) is 4.20. The van der Waals surface area contributed by atoms with Gasteiger partial charge >= 0.3 is 0 Å². The van der Waals surface area contributed by atoms with E-state index in [2.05, 4.69) is 6.07 Å². The van der Waals surface area contributed by atoms with Crippen molar-refractivity contribution >= 4 is 5.91 Å². The van der Waals surface area contributed by atoms with Gasteiger partial charge in [0.2, 0.25) is 5.91 Å². The zero-order valence-electron chi connectivity index (χ0n) is 10.7. The number of hydrogen-bond donors (Lipinski definition) is 1. The number of fused-ring (bicyclic) bond motifs is 1. The first-order valence-corrected chi connectivity index (χ1v) is 6.30. The quantitative estimate of drug-likeness (QED) is 0.876. The van der Waals surface area contributed by atoms with E-state index in [1.54, 1.807) is 11.9 Å². The fourth-order valence-electron chi connectivity index (χ4n) is 2.16. The number of nitrogens with zero attached hydrogens (tertiary/aromatic N) is 1. The largest absolute Gasteiger partial charge is 0.493 e. The van der Waals surface area contributed by atoms with Gasteiger partial charge in [-0.2, -0.15) is 0 Å². The molecule has 0 aliphatic carbocycles. The SMILES string of the molecule is CN(Cc1ccc2c(c1)CCCO2)C(=O)CCO. The maximum atomic E-state index is 11.6. The highest BCUT2D eigenvalue weighted by molar-refractivity contribution is 5.75. The molecule has 98 valence electrons. The molecule has 0 unspecified atom stereocenters. The highest BCUT2D eigenvalue weighted by atomic mass is 16.5. The molecular formula is C14H19NO3. The van der Waals surface area contributed by atoms with Crippen LogP contribution >= 0.6 is 0 Å². The van der Waals surface area contributed by atoms with Crippen molar-refractivity contribution in [3.8, 4) is 5.75 Å². The maximum absolute atomic E-state index is 11.6. The predicted molar refractivity (Wildman–Crippen MR) is 68.4 cm³/mol. The number of carbonyl (C=O) groups is 1. The van der Waals surface area contributed by atoms with E-state index < -0.39 is 0 Å². The van der Waals surface area contributed by atoms with Crippen molar-refractivity contribution in [3.05, 3.63) is 29.3 Å². The molecule has 0 atom stereocenters. The number of aryl methyl sites for hydroxylation is 1. The van der Waals surface area contributed by atoms with Crippen molar-refractivity contribution in [1.29, 1.82) is 0 Å². The Bertz CT molecular complexity index is 431. The molecule has 2 rings (SSSR count). The lowest BCUT2D eigenvalue weighted by Crippen LogP contribution is -2.26. The Morgan fingerprint density at radius 3 is 3.11 bits per heavy atom. The molecule has 1 aliphatic rings. The van der Waals surface area contributed by atoms with Crippen LogP contribution in [0.2, 0.25) is 0 Å². The van der Waals surface area contributed by atoms with Crippen molar-refractivity contribution in [2.75, 3.05) is 20.3 Å². The van der Waals surface area contributed by atoms with E-state index in [1.165, 1.54) is 5.56 Å². The average Bonchev–Trinajstić information content (AvgIpc) is 2.39. The first-order valence-electron chi connectivity index (χ1n) is 6.30. The normalized spacial score (nSPS) is 13.7. The van der Waals surface area contributed by atoms with Crippen LogP contribution in [0.1, 0.15) is 24.0 Å². The van der Waals surface area contributed by atoms with E-state index in [9.17, 15) is 4.79 Å². The molecule has 1 N–H and O–H groups in total. The van der Waals surface area contributed by atoms with E-state index in [4.69, 9.17) is 9.84 Å². The molecule has 1 aliphatic heterocycles. The molecular weight excluding hydrogens is 230 g/mol. The van der Waals surface area contributed by atoms with E-state index in [1.807, 2.05) is 12.1 Å². The lowest BCUT2D eigenvalue weighted by atomic mass is 10.0. The van der Waals surface area contributed by atoms with Gasteiger partial charge in [-0.15, -0.1) is 0 Å². The summed E-state index contributed by atoms with van der Waals surface area (Å²) in [5, 5.41) is 8.75. The van der Waals surface area contributed by atoms with E-state index in [0.717, 1.165) is 30.8 Å². The molecule has 0 saturated heterocycles. The molecule has 1 aromatic rings. The second-order valence-corrected chi connectivity index (χ2v) is 4.62. The molecule has 0 saturated carbocycles. The zero-order chi connectivity index (χ0) is 13.0. The minimum absolute atomic E-state index is 0.0357. The minimum Gasteiger partial charge on any atom is -0.493 e. The lowest BCUT2D eigenvalue weighted by molar-refractivity contribution is -0.131. The molecule has 0 radical (unpaired) electrons. The third-order valence-corrected chi connectivity index (χ3v) is 3.14. The lowest BCUT2D eigenvalue weighted by Gasteiger charge is -2.20. The Hall–Kier alpha value is -1.55. The Morgan fingerprint density at radius 1 is 1.50 bits per heavy atom. The number of rotatable bonds is 4. The first kappa shape index (κ1) is 12.9. The van der Waals surface area contributed by atoms with Crippen LogP contribution in [0.4, 0.5) is 0 Å². The van der Waals surface area contributed by atoms with Gasteiger partial charge in [0.25, 0.3) is 0 Å². The summed E-state index contributed by atoms with van der Waals surface area (Å²) in [5.74, 6) is 0.931. The third-order valence-electron chi connectivity index (χ3n) is 3.14. The second kappa shape index (κ2) is 5.87. The second-order valence-electron chi connectivity index (χ2n) is 4.62. The first-order chi connectivity index (χ1) is 8.70. The predicted octanol–water partition coefficient (Wildman–Crippen LogP) is 1.35. The summed E-state index contributed by atoms with van der Waals surface area (Å²) < 4.78 is 5.56. The number of carbonyl (C=O) groups excluding carboxylic acids is 1. The van der Waals surface area contributed by atoms with Crippen LogP contribution < -0.4 is 4.74 Å². The number of ether oxygens (including phenoxy) is 1. The molecule has 18 heavy (non-hydrogen) atoms. The van der Waals surface area contributed by atoms with Crippen molar-refractivity contribution < 1.29 is 14.6 Å². The van der Waals surface area contributed by atoms with Crippen LogP contribution in [0.25, 0.3) is 0 Å². The van der Waals surface area contributed by atoms with Gasteiger partial charge in [0.1, 0.15) is 5.75 Å². The highest BCUT2D eigenvalue weighted by Gasteiger charge is 2.13. The van der Waals surface area contributed by atoms with Crippen LogP contribution in [0, 0.1) is 0 Å². The summed E-state index contributed by atoms with van der Waals surface area (Å²) in [5.41, 5.74) is 2.33. The van der Waals surface area contributed by atoms with Gasteiger partial charge in [0, 0.05) is 20.0 Å². The van der Waals surface area contributed by atoms with Crippen LogP contribution in [-0.2, 0) is 17.8 Å².